The number of nitrogens with two attached hydrogens (primary N) is 1. The van der Waals surface area contributed by atoms with Gasteiger partial charge >= 0.3 is 0 Å². The molecular formula is C42H56N6O4. The second-order valence-corrected chi connectivity index (χ2v) is 17.4. The van der Waals surface area contributed by atoms with Crippen molar-refractivity contribution in [3.8, 4) is 0 Å². The second-order valence-electron chi connectivity index (χ2n) is 17.4. The summed E-state index contributed by atoms with van der Waals surface area (Å²) in [4.78, 5) is 24.9. The number of aryl methyl sites for hydroxylation is 1. The van der Waals surface area contributed by atoms with E-state index in [2.05, 4.69) is 101 Å². The van der Waals surface area contributed by atoms with Gasteiger partial charge in [-0.3, -0.25) is 20.0 Å². The van der Waals surface area contributed by atoms with E-state index in [1.807, 2.05) is 7.05 Å². The van der Waals surface area contributed by atoms with Crippen molar-refractivity contribution in [3.63, 3.8) is 0 Å². The molecule has 10 heteroatoms. The molecule has 2 saturated heterocycles. The van der Waals surface area contributed by atoms with Crippen LogP contribution in [0.5, 0.6) is 0 Å². The third-order valence-corrected chi connectivity index (χ3v) is 15.2. The van der Waals surface area contributed by atoms with Crippen LogP contribution < -0.4 is 16.2 Å². The van der Waals surface area contributed by atoms with Gasteiger partial charge in [-0.25, -0.2) is 5.84 Å². The van der Waals surface area contributed by atoms with Crippen molar-refractivity contribution >= 4 is 22.5 Å². The van der Waals surface area contributed by atoms with Gasteiger partial charge in [0.1, 0.15) is 6.10 Å². The third-order valence-electron chi connectivity index (χ3n) is 15.2. The summed E-state index contributed by atoms with van der Waals surface area (Å²) in [5, 5.41) is 38.5. The van der Waals surface area contributed by atoms with Crippen LogP contribution in [-0.4, -0.2) is 105 Å². The number of rotatable bonds is 4. The number of aromatic amines is 1. The predicted octanol–water partition coefficient (Wildman–Crippen LogP) is 3.57. The first-order chi connectivity index (χ1) is 24.9. The lowest BCUT2D eigenvalue weighted by atomic mass is 9.47. The highest BCUT2D eigenvalue weighted by atomic mass is 16.4. The molecule has 1 spiro atoms. The number of hydrogen-bond donors (Lipinski definition) is 6. The molecule has 6 aliphatic rings. The molecule has 5 aliphatic heterocycles. The number of nitrogens with zero attached hydrogens (tertiary/aromatic N) is 3. The van der Waals surface area contributed by atoms with Crippen LogP contribution >= 0.6 is 0 Å². The lowest BCUT2D eigenvalue weighted by molar-refractivity contribution is -0.203. The maximum absolute atomic E-state index is 13.9. The number of hydrogen-bond acceptors (Lipinski definition) is 8. The molecule has 278 valence electrons. The highest BCUT2D eigenvalue weighted by molar-refractivity contribution is 5.90. The van der Waals surface area contributed by atoms with Gasteiger partial charge < -0.3 is 25.2 Å². The molecule has 2 bridgehead atoms. The Morgan fingerprint density at radius 1 is 1.12 bits per heavy atom. The molecule has 11 atom stereocenters. The van der Waals surface area contributed by atoms with Crippen molar-refractivity contribution in [1.29, 1.82) is 0 Å². The molecule has 1 amide bonds. The molecule has 9 rings (SSSR count). The van der Waals surface area contributed by atoms with Gasteiger partial charge in [0.15, 0.2) is 5.60 Å². The molecule has 3 aromatic rings. The Morgan fingerprint density at radius 2 is 1.90 bits per heavy atom. The molecule has 7 N–H and O–H groups in total. The van der Waals surface area contributed by atoms with Gasteiger partial charge in [0.25, 0.3) is 5.91 Å². The van der Waals surface area contributed by atoms with E-state index in [9.17, 15) is 20.1 Å². The third kappa shape index (κ3) is 4.25. The molecule has 2 aromatic carbocycles. The van der Waals surface area contributed by atoms with E-state index in [1.165, 1.54) is 33.3 Å². The van der Waals surface area contributed by atoms with Gasteiger partial charge in [-0.15, -0.1) is 0 Å². The maximum atomic E-state index is 13.9. The lowest BCUT2D eigenvalue weighted by Crippen LogP contribution is -2.82. The molecule has 52 heavy (non-hydrogen) atoms. The van der Waals surface area contributed by atoms with Crippen LogP contribution in [0.15, 0.2) is 48.6 Å². The van der Waals surface area contributed by atoms with Gasteiger partial charge in [-0.05, 0) is 91.8 Å². The van der Waals surface area contributed by atoms with E-state index in [1.54, 1.807) is 0 Å². The number of H-pyrrole nitrogens is 1. The Bertz CT molecular complexity index is 1980. The van der Waals surface area contributed by atoms with Gasteiger partial charge in [-0.2, -0.15) is 0 Å². The maximum Gasteiger partial charge on any atom is 0.270 e. The number of aromatic nitrogens is 1. The Balaban J connectivity index is 1.28. The van der Waals surface area contributed by atoms with E-state index >= 15 is 0 Å². The first-order valence-electron chi connectivity index (χ1n) is 19.6. The average molecular weight is 709 g/mol. The Morgan fingerprint density at radius 3 is 2.65 bits per heavy atom. The summed E-state index contributed by atoms with van der Waals surface area (Å²) in [5.74, 6) is 5.52. The largest absolute Gasteiger partial charge is 0.389 e. The van der Waals surface area contributed by atoms with E-state index in [0.29, 0.717) is 19.4 Å². The summed E-state index contributed by atoms with van der Waals surface area (Å²) < 4.78 is 0. The van der Waals surface area contributed by atoms with Gasteiger partial charge in [-0.1, -0.05) is 57.2 Å². The fraction of sp³-hybridized carbons (Fsp3) is 0.595. The normalized spacial score (nSPS) is 40.7. The molecule has 3 fully saturated rings. The lowest BCUT2D eigenvalue weighted by Gasteiger charge is -2.63. The quantitative estimate of drug-likeness (QED) is 0.105. The zero-order valence-electron chi connectivity index (χ0n) is 31.3. The number of anilines is 1. The Labute approximate surface area is 307 Å². The first kappa shape index (κ1) is 34.5. The molecule has 6 heterocycles. The number of aliphatic hydroxyl groups excluding tert-OH is 1. The van der Waals surface area contributed by atoms with E-state index in [4.69, 9.17) is 5.84 Å². The fourth-order valence-electron chi connectivity index (χ4n) is 13.1. The van der Waals surface area contributed by atoms with Crippen LogP contribution in [0, 0.1) is 18.3 Å². The summed E-state index contributed by atoms with van der Waals surface area (Å²) in [6, 6.07) is 12.5. The number of carbonyl (C=O) groups excluding carboxylic acids is 1. The van der Waals surface area contributed by atoms with Crippen molar-refractivity contribution in [1.82, 2.24) is 20.2 Å². The number of carbonyl (C=O) groups is 1. The minimum atomic E-state index is -2.16. The van der Waals surface area contributed by atoms with Crippen LogP contribution in [0.3, 0.4) is 0 Å². The summed E-state index contributed by atoms with van der Waals surface area (Å²) >= 11 is 0. The van der Waals surface area contributed by atoms with Crippen molar-refractivity contribution in [2.75, 3.05) is 44.7 Å². The first-order valence-corrected chi connectivity index (χ1v) is 19.6. The minimum Gasteiger partial charge on any atom is -0.389 e. The van der Waals surface area contributed by atoms with Crippen LogP contribution in [0.1, 0.15) is 86.2 Å². The van der Waals surface area contributed by atoms with Crippen molar-refractivity contribution < 1.29 is 20.1 Å². The standard InChI is InChI=1S/C42H56N6O4/c1-6-39(51)21-26-22-47(23-39)17-13-28-27-11-8-9-12-31(27)44-34(28)25(4)33(26)29-20-30-32(19-24(29)3)46(5)36-41(30)15-18-48-16-10-14-40(7-2,35(41)48)37(49)42(36,52)38(50)45-43/h8-12,14,19-20,25-26,33,35-37,44,49,51-52H,6-7,13,15-18,21-23,43H2,1-5H3,(H,45,50)/t25-,26+,33?,35?,36?,37-,39?,40-,41?,42+/m1/s1. The molecule has 0 radical (unpaired) electrons. The van der Waals surface area contributed by atoms with E-state index < -0.39 is 40.1 Å². The number of amides is 1. The average Bonchev–Trinajstić information content (AvgIpc) is 3.80. The summed E-state index contributed by atoms with van der Waals surface area (Å²) in [5.41, 5.74) is 6.28. The van der Waals surface area contributed by atoms with E-state index in [-0.39, 0.29) is 23.8 Å². The van der Waals surface area contributed by atoms with Gasteiger partial charge in [0.05, 0.1) is 11.6 Å². The number of fused-ring (bicyclic) bond motifs is 6. The van der Waals surface area contributed by atoms with Crippen molar-refractivity contribution in [2.45, 2.75) is 106 Å². The predicted molar refractivity (Wildman–Crippen MR) is 203 cm³/mol. The van der Waals surface area contributed by atoms with Crippen LogP contribution in [-0.2, 0) is 16.6 Å². The molecular weight excluding hydrogens is 653 g/mol. The minimum absolute atomic E-state index is 0.0944. The topological polar surface area (TPSA) is 141 Å². The number of hydrazine groups is 1. The van der Waals surface area contributed by atoms with Crippen LogP contribution in [0.2, 0.25) is 0 Å². The fourth-order valence-corrected chi connectivity index (χ4v) is 13.1. The number of piperidine rings is 1. The number of para-hydroxylation sites is 1. The molecule has 10 nitrogen and oxygen atoms in total. The number of benzene rings is 2. The van der Waals surface area contributed by atoms with Crippen LogP contribution in [0.25, 0.3) is 10.9 Å². The summed E-state index contributed by atoms with van der Waals surface area (Å²) in [6.45, 7) is 12.8. The highest BCUT2D eigenvalue weighted by Crippen LogP contribution is 2.67. The van der Waals surface area contributed by atoms with Crippen molar-refractivity contribution in [2.24, 2.45) is 17.2 Å². The molecule has 6 unspecified atom stereocenters. The van der Waals surface area contributed by atoms with Gasteiger partial charge in [0, 0.05) is 78.3 Å². The summed E-state index contributed by atoms with van der Waals surface area (Å²) in [6.07, 6.45) is 6.51. The molecule has 1 aromatic heterocycles. The summed E-state index contributed by atoms with van der Waals surface area (Å²) in [7, 11) is 1.97. The smallest absolute Gasteiger partial charge is 0.270 e. The molecule has 1 aliphatic carbocycles. The zero-order valence-corrected chi connectivity index (χ0v) is 31.3. The highest BCUT2D eigenvalue weighted by Gasteiger charge is 2.78. The molecule has 1 saturated carbocycles. The number of nitrogens with one attached hydrogen (secondary N) is 2. The Kier molecular flexibility index (Phi) is 7.72. The SMILES string of the molecule is CCC1(O)C[C@H]2CN(CCc3c([nH]c4ccccc34)[C@H](C)C2c2cc3c(cc2C)N(C)C2C34CCN3CC=C[C@](CC)(C34)[C@@H](O)[C@]2(O)C(=O)NN)C1. The second kappa shape index (κ2) is 11.6. The number of likely N-dealkylation sites (N-methyl/N-ethyl adjacent to an activating group) is 1. The van der Waals surface area contributed by atoms with Crippen molar-refractivity contribution in [3.05, 3.63) is 76.5 Å². The van der Waals surface area contributed by atoms with Gasteiger partial charge in [0.2, 0.25) is 0 Å². The number of aliphatic hydroxyl groups is 3. The Hall–Kier alpha value is -3.25. The van der Waals surface area contributed by atoms with Crippen LogP contribution in [0.4, 0.5) is 5.69 Å². The van der Waals surface area contributed by atoms with E-state index in [0.717, 1.165) is 56.7 Å². The monoisotopic (exact) mass is 708 g/mol. The zero-order chi connectivity index (χ0) is 36.5.